The van der Waals surface area contributed by atoms with Gasteiger partial charge in [-0.15, -0.1) is 11.3 Å². The highest BCUT2D eigenvalue weighted by Crippen LogP contribution is 2.20. The van der Waals surface area contributed by atoms with E-state index in [1.807, 2.05) is 18.4 Å². The van der Waals surface area contributed by atoms with Gasteiger partial charge in [-0.3, -0.25) is 4.79 Å². The standard InChI is InChI=1S/C9H13BrN2OS/c1-6(11)2-9(13)12-4-7-3-8(10)14-5-7/h3,5-6H,2,4,11H2,1H3,(H,12,13). The smallest absolute Gasteiger partial charge is 0.221 e. The zero-order chi connectivity index (χ0) is 10.6. The fourth-order valence-corrected chi connectivity index (χ4v) is 2.21. The number of nitrogens with one attached hydrogen (secondary N) is 1. The van der Waals surface area contributed by atoms with Crippen LogP contribution in [0.4, 0.5) is 0 Å². The summed E-state index contributed by atoms with van der Waals surface area (Å²) in [5.74, 6) is 0.00215. The SMILES string of the molecule is CC(N)CC(=O)NCc1csc(Br)c1. The Kier molecular flexibility index (Phi) is 4.57. The molecule has 14 heavy (non-hydrogen) atoms. The third-order valence-electron chi connectivity index (χ3n) is 1.62. The van der Waals surface area contributed by atoms with Crippen molar-refractivity contribution >= 4 is 33.2 Å². The first-order valence-electron chi connectivity index (χ1n) is 4.33. The average molecular weight is 277 g/mol. The minimum Gasteiger partial charge on any atom is -0.352 e. The Morgan fingerprint density at radius 1 is 1.79 bits per heavy atom. The summed E-state index contributed by atoms with van der Waals surface area (Å²) in [6.45, 7) is 2.40. The number of hydrogen-bond donors (Lipinski definition) is 2. The maximum Gasteiger partial charge on any atom is 0.221 e. The first-order valence-corrected chi connectivity index (χ1v) is 6.00. The van der Waals surface area contributed by atoms with Crippen LogP contribution in [-0.2, 0) is 11.3 Å². The van der Waals surface area contributed by atoms with Crippen LogP contribution in [0.3, 0.4) is 0 Å². The number of amides is 1. The van der Waals surface area contributed by atoms with Crippen molar-refractivity contribution in [2.75, 3.05) is 0 Å². The zero-order valence-corrected chi connectivity index (χ0v) is 10.3. The molecular weight excluding hydrogens is 264 g/mol. The molecule has 1 aromatic rings. The van der Waals surface area contributed by atoms with Gasteiger partial charge in [-0.25, -0.2) is 0 Å². The lowest BCUT2D eigenvalue weighted by molar-refractivity contribution is -0.121. The first-order chi connectivity index (χ1) is 6.58. The maximum atomic E-state index is 11.2. The Balaban J connectivity index is 2.30. The minimum atomic E-state index is -0.0794. The third-order valence-corrected chi connectivity index (χ3v) is 3.17. The Labute approximate surface area is 95.8 Å². The van der Waals surface area contributed by atoms with Gasteiger partial charge in [-0.05, 0) is 39.9 Å². The normalized spacial score (nSPS) is 12.5. The Hall–Kier alpha value is -0.390. The van der Waals surface area contributed by atoms with Gasteiger partial charge < -0.3 is 11.1 Å². The largest absolute Gasteiger partial charge is 0.352 e. The molecule has 0 saturated carbocycles. The quantitative estimate of drug-likeness (QED) is 0.882. The monoisotopic (exact) mass is 276 g/mol. The lowest BCUT2D eigenvalue weighted by Crippen LogP contribution is -2.29. The summed E-state index contributed by atoms with van der Waals surface area (Å²) < 4.78 is 1.08. The number of nitrogens with two attached hydrogens (primary N) is 1. The average Bonchev–Trinajstić information content (AvgIpc) is 2.47. The molecule has 0 saturated heterocycles. The molecule has 1 heterocycles. The predicted molar refractivity (Wildman–Crippen MR) is 62.1 cm³/mol. The van der Waals surface area contributed by atoms with Gasteiger partial charge in [0.05, 0.1) is 3.79 Å². The van der Waals surface area contributed by atoms with Gasteiger partial charge >= 0.3 is 0 Å². The first kappa shape index (κ1) is 11.7. The van der Waals surface area contributed by atoms with Crippen molar-refractivity contribution in [3.8, 4) is 0 Å². The fourth-order valence-electron chi connectivity index (χ4n) is 1.00. The van der Waals surface area contributed by atoms with Gasteiger partial charge in [-0.1, -0.05) is 0 Å². The molecule has 1 rings (SSSR count). The van der Waals surface area contributed by atoms with Crippen LogP contribution < -0.4 is 11.1 Å². The zero-order valence-electron chi connectivity index (χ0n) is 7.92. The Bertz CT molecular complexity index is 312. The molecule has 1 atom stereocenters. The summed E-state index contributed by atoms with van der Waals surface area (Å²) in [6.07, 6.45) is 0.380. The van der Waals surface area contributed by atoms with Crippen LogP contribution in [0.15, 0.2) is 15.2 Å². The van der Waals surface area contributed by atoms with Crippen LogP contribution in [0.2, 0.25) is 0 Å². The molecule has 0 aliphatic heterocycles. The van der Waals surface area contributed by atoms with Gasteiger partial charge in [0.15, 0.2) is 0 Å². The molecule has 3 nitrogen and oxygen atoms in total. The van der Waals surface area contributed by atoms with E-state index in [1.165, 1.54) is 0 Å². The van der Waals surface area contributed by atoms with Crippen LogP contribution in [-0.4, -0.2) is 11.9 Å². The number of hydrogen-bond acceptors (Lipinski definition) is 3. The molecule has 0 aliphatic rings. The molecule has 1 aromatic heterocycles. The summed E-state index contributed by atoms with van der Waals surface area (Å²) in [5.41, 5.74) is 6.61. The second kappa shape index (κ2) is 5.48. The summed E-state index contributed by atoms with van der Waals surface area (Å²) in [4.78, 5) is 11.2. The molecule has 5 heteroatoms. The highest BCUT2D eigenvalue weighted by molar-refractivity contribution is 9.11. The summed E-state index contributed by atoms with van der Waals surface area (Å²) in [7, 11) is 0. The number of carbonyl (C=O) groups is 1. The molecule has 1 amide bonds. The molecule has 0 aliphatic carbocycles. The molecular formula is C9H13BrN2OS. The molecule has 78 valence electrons. The molecule has 0 spiro atoms. The highest BCUT2D eigenvalue weighted by atomic mass is 79.9. The summed E-state index contributed by atoms with van der Waals surface area (Å²) in [6, 6.07) is 1.92. The lowest BCUT2D eigenvalue weighted by atomic mass is 10.2. The predicted octanol–water partition coefficient (Wildman–Crippen LogP) is 1.86. The van der Waals surface area contributed by atoms with Crippen molar-refractivity contribution in [3.05, 3.63) is 20.8 Å². The van der Waals surface area contributed by atoms with Crippen LogP contribution in [0.1, 0.15) is 18.9 Å². The Morgan fingerprint density at radius 2 is 2.50 bits per heavy atom. The molecule has 1 unspecified atom stereocenters. The van der Waals surface area contributed by atoms with Crippen molar-refractivity contribution in [1.29, 1.82) is 0 Å². The van der Waals surface area contributed by atoms with E-state index in [0.717, 1.165) is 9.35 Å². The molecule has 0 fully saturated rings. The fraction of sp³-hybridized carbons (Fsp3) is 0.444. The van der Waals surface area contributed by atoms with E-state index < -0.39 is 0 Å². The number of carbonyl (C=O) groups excluding carboxylic acids is 1. The van der Waals surface area contributed by atoms with E-state index in [4.69, 9.17) is 5.73 Å². The van der Waals surface area contributed by atoms with Crippen LogP contribution in [0.25, 0.3) is 0 Å². The minimum absolute atomic E-state index is 0.00215. The Morgan fingerprint density at radius 3 is 3.00 bits per heavy atom. The van der Waals surface area contributed by atoms with Crippen molar-refractivity contribution in [2.24, 2.45) is 5.73 Å². The van der Waals surface area contributed by atoms with Gasteiger partial charge in [-0.2, -0.15) is 0 Å². The van der Waals surface area contributed by atoms with Gasteiger partial charge in [0.1, 0.15) is 0 Å². The molecule has 3 N–H and O–H groups in total. The number of rotatable bonds is 4. The maximum absolute atomic E-state index is 11.2. The van der Waals surface area contributed by atoms with Gasteiger partial charge in [0.25, 0.3) is 0 Å². The van der Waals surface area contributed by atoms with E-state index in [2.05, 4.69) is 21.2 Å². The second-order valence-corrected chi connectivity index (χ2v) is 5.51. The van der Waals surface area contributed by atoms with E-state index in [9.17, 15) is 4.79 Å². The highest BCUT2D eigenvalue weighted by Gasteiger charge is 2.04. The molecule has 0 bridgehead atoms. The lowest BCUT2D eigenvalue weighted by Gasteiger charge is -2.05. The van der Waals surface area contributed by atoms with Crippen LogP contribution in [0, 0.1) is 0 Å². The topological polar surface area (TPSA) is 55.1 Å². The number of thiophene rings is 1. The second-order valence-electron chi connectivity index (χ2n) is 3.22. The van der Waals surface area contributed by atoms with Crippen molar-refractivity contribution in [2.45, 2.75) is 25.9 Å². The molecule has 0 aromatic carbocycles. The van der Waals surface area contributed by atoms with Crippen molar-refractivity contribution in [3.63, 3.8) is 0 Å². The van der Waals surface area contributed by atoms with E-state index in [-0.39, 0.29) is 11.9 Å². The summed E-state index contributed by atoms with van der Waals surface area (Å²) >= 11 is 4.98. The third kappa shape index (κ3) is 4.21. The van der Waals surface area contributed by atoms with Gasteiger partial charge in [0, 0.05) is 19.0 Å². The summed E-state index contributed by atoms with van der Waals surface area (Å²) in [5, 5.41) is 4.82. The van der Waals surface area contributed by atoms with E-state index >= 15 is 0 Å². The van der Waals surface area contributed by atoms with Crippen molar-refractivity contribution < 1.29 is 4.79 Å². The van der Waals surface area contributed by atoms with E-state index in [1.54, 1.807) is 11.3 Å². The van der Waals surface area contributed by atoms with Crippen LogP contribution in [0.5, 0.6) is 0 Å². The van der Waals surface area contributed by atoms with Crippen LogP contribution >= 0.6 is 27.3 Å². The number of halogens is 1. The van der Waals surface area contributed by atoms with Gasteiger partial charge in [0.2, 0.25) is 5.91 Å². The molecule has 0 radical (unpaired) electrons. The van der Waals surface area contributed by atoms with E-state index in [0.29, 0.717) is 13.0 Å². The van der Waals surface area contributed by atoms with Crippen molar-refractivity contribution in [1.82, 2.24) is 5.32 Å².